The van der Waals surface area contributed by atoms with Gasteiger partial charge in [-0.3, -0.25) is 15.0 Å². The van der Waals surface area contributed by atoms with Crippen molar-refractivity contribution in [1.82, 2.24) is 5.43 Å². The van der Waals surface area contributed by atoms with E-state index in [1.165, 1.54) is 23.2 Å². The maximum absolute atomic E-state index is 13.5. The van der Waals surface area contributed by atoms with Gasteiger partial charge in [-0.1, -0.05) is 30.3 Å². The van der Waals surface area contributed by atoms with Gasteiger partial charge in [0.15, 0.2) is 0 Å². The average Bonchev–Trinajstić information content (AvgIpc) is 3.07. The van der Waals surface area contributed by atoms with Crippen LogP contribution >= 0.6 is 0 Å². The van der Waals surface area contributed by atoms with Crippen LogP contribution in [0.2, 0.25) is 0 Å². The summed E-state index contributed by atoms with van der Waals surface area (Å²) in [5.74, 6) is -0.808. The van der Waals surface area contributed by atoms with E-state index in [1.807, 2.05) is 37.2 Å². The molecule has 0 spiro atoms. The fraction of sp³-hybridized carbons (Fsp3) is 0.120. The number of amides is 2. The van der Waals surface area contributed by atoms with Gasteiger partial charge in [0.2, 0.25) is 0 Å². The number of anilines is 2. The fourth-order valence-corrected chi connectivity index (χ4v) is 3.31. The summed E-state index contributed by atoms with van der Waals surface area (Å²) in [5, 5.41) is 1.22. The number of nitrogens with one attached hydrogen (secondary N) is 1. The van der Waals surface area contributed by atoms with Crippen molar-refractivity contribution < 1.29 is 18.7 Å². The molecule has 3 aromatic rings. The monoisotopic (exact) mass is 431 g/mol. The predicted molar refractivity (Wildman–Crippen MR) is 122 cm³/mol. The molecule has 0 unspecified atom stereocenters. The van der Waals surface area contributed by atoms with E-state index >= 15 is 0 Å². The third-order valence-electron chi connectivity index (χ3n) is 5.00. The quantitative estimate of drug-likeness (QED) is 0.475. The van der Waals surface area contributed by atoms with Crippen LogP contribution in [-0.4, -0.2) is 25.9 Å². The second kappa shape index (κ2) is 8.93. The molecule has 7 heteroatoms. The Bertz CT molecular complexity index is 1190. The Hall–Kier alpha value is -4.13. The molecule has 0 radical (unpaired) electrons. The van der Waals surface area contributed by atoms with E-state index in [4.69, 9.17) is 4.74 Å². The van der Waals surface area contributed by atoms with Gasteiger partial charge < -0.3 is 9.64 Å². The molecule has 0 aliphatic carbocycles. The first-order valence-electron chi connectivity index (χ1n) is 10.0. The van der Waals surface area contributed by atoms with E-state index in [-0.39, 0.29) is 18.0 Å². The number of carbonyl (C=O) groups excluding carboxylic acids is 2. The maximum atomic E-state index is 13.5. The second-order valence-electron chi connectivity index (χ2n) is 7.51. The van der Waals surface area contributed by atoms with Gasteiger partial charge in [0.1, 0.15) is 23.7 Å². The summed E-state index contributed by atoms with van der Waals surface area (Å²) in [6.07, 6.45) is 1.51. The van der Waals surface area contributed by atoms with Gasteiger partial charge in [0, 0.05) is 31.4 Å². The third kappa shape index (κ3) is 4.46. The van der Waals surface area contributed by atoms with Gasteiger partial charge in [0.25, 0.3) is 11.8 Å². The van der Waals surface area contributed by atoms with Gasteiger partial charge in [0.05, 0.1) is 5.69 Å². The zero-order chi connectivity index (χ0) is 22.7. The smallest absolute Gasteiger partial charge is 0.282 e. The first-order valence-corrected chi connectivity index (χ1v) is 10.0. The fourth-order valence-electron chi connectivity index (χ4n) is 3.31. The summed E-state index contributed by atoms with van der Waals surface area (Å²) in [7, 11) is 3.80. The van der Waals surface area contributed by atoms with Crippen molar-refractivity contribution in [3.05, 3.63) is 95.3 Å². The van der Waals surface area contributed by atoms with Crippen LogP contribution < -0.4 is 20.1 Å². The topological polar surface area (TPSA) is 61.9 Å². The Morgan fingerprint density at radius 3 is 2.50 bits per heavy atom. The Kier molecular flexibility index (Phi) is 5.89. The van der Waals surface area contributed by atoms with Gasteiger partial charge in [-0.15, -0.1) is 0 Å². The number of nitrogens with zero attached hydrogens (tertiary/aromatic N) is 2. The van der Waals surface area contributed by atoms with Crippen LogP contribution in [0.4, 0.5) is 15.8 Å². The van der Waals surface area contributed by atoms with Gasteiger partial charge in [-0.05, 0) is 48.0 Å². The van der Waals surface area contributed by atoms with Crippen LogP contribution in [0.1, 0.15) is 11.1 Å². The minimum absolute atomic E-state index is 0.00191. The van der Waals surface area contributed by atoms with Gasteiger partial charge >= 0.3 is 0 Å². The highest BCUT2D eigenvalue weighted by atomic mass is 19.1. The molecule has 162 valence electrons. The average molecular weight is 431 g/mol. The number of rotatable bonds is 6. The number of hydrazine groups is 1. The second-order valence-corrected chi connectivity index (χ2v) is 7.51. The number of benzene rings is 3. The van der Waals surface area contributed by atoms with Crippen molar-refractivity contribution in [2.45, 2.75) is 6.61 Å². The van der Waals surface area contributed by atoms with E-state index in [1.54, 1.807) is 42.5 Å². The molecule has 0 saturated carbocycles. The van der Waals surface area contributed by atoms with Gasteiger partial charge in [-0.25, -0.2) is 9.40 Å². The number of para-hydroxylation sites is 1. The van der Waals surface area contributed by atoms with Crippen molar-refractivity contribution in [1.29, 1.82) is 0 Å². The molecule has 6 nitrogen and oxygen atoms in total. The number of hydrogen-bond acceptors (Lipinski definition) is 4. The van der Waals surface area contributed by atoms with Crippen LogP contribution in [0.15, 0.2) is 78.4 Å². The van der Waals surface area contributed by atoms with Crippen LogP contribution in [0.5, 0.6) is 5.75 Å². The Morgan fingerprint density at radius 2 is 1.78 bits per heavy atom. The highest BCUT2D eigenvalue weighted by Crippen LogP contribution is 2.29. The van der Waals surface area contributed by atoms with Crippen molar-refractivity contribution >= 4 is 29.3 Å². The van der Waals surface area contributed by atoms with E-state index in [0.717, 1.165) is 5.69 Å². The standard InChI is InChI=1S/C25H22FN3O3/c1-28(2)21-12-11-18(23(15-21)32-16-17-7-6-8-19(26)13-17)14-22-24(30)27-29(25(22)31)20-9-4-3-5-10-20/h3-15H,16H2,1-2H3,(H,27,30). The first kappa shape index (κ1) is 21.1. The zero-order valence-electron chi connectivity index (χ0n) is 17.7. The lowest BCUT2D eigenvalue weighted by molar-refractivity contribution is -0.117. The normalized spacial score (nSPS) is 14.6. The molecule has 0 atom stereocenters. The number of hydrogen-bond donors (Lipinski definition) is 1. The molecule has 0 aromatic heterocycles. The number of carbonyl (C=O) groups is 2. The lowest BCUT2D eigenvalue weighted by Gasteiger charge is -2.16. The molecule has 1 fully saturated rings. The Labute approximate surface area is 185 Å². The molecule has 1 aliphatic heterocycles. The molecule has 32 heavy (non-hydrogen) atoms. The van der Waals surface area contributed by atoms with Crippen molar-refractivity contribution in [2.75, 3.05) is 24.0 Å². The Balaban J connectivity index is 1.65. The minimum Gasteiger partial charge on any atom is -0.488 e. The summed E-state index contributed by atoms with van der Waals surface area (Å²) in [6.45, 7) is 0.140. The van der Waals surface area contributed by atoms with Crippen molar-refractivity contribution in [2.24, 2.45) is 0 Å². The SMILES string of the molecule is CN(C)c1ccc(C=C2C(=O)NN(c3ccccc3)C2=O)c(OCc2cccc(F)c2)c1. The zero-order valence-corrected chi connectivity index (χ0v) is 17.7. The molecule has 0 bridgehead atoms. The molecule has 4 rings (SSSR count). The summed E-state index contributed by atoms with van der Waals surface area (Å²) in [4.78, 5) is 27.4. The largest absolute Gasteiger partial charge is 0.488 e. The number of halogens is 1. The summed E-state index contributed by atoms with van der Waals surface area (Å²) in [5.41, 5.74) is 5.28. The molecule has 1 heterocycles. The van der Waals surface area contributed by atoms with E-state index < -0.39 is 11.8 Å². The summed E-state index contributed by atoms with van der Waals surface area (Å²) < 4.78 is 19.5. The highest BCUT2D eigenvalue weighted by molar-refractivity contribution is 6.31. The van der Waals surface area contributed by atoms with Crippen molar-refractivity contribution in [3.8, 4) is 5.75 Å². The highest BCUT2D eigenvalue weighted by Gasteiger charge is 2.34. The predicted octanol–water partition coefficient (Wildman–Crippen LogP) is 3.93. The maximum Gasteiger partial charge on any atom is 0.282 e. The summed E-state index contributed by atoms with van der Waals surface area (Å²) in [6, 6.07) is 20.5. The lowest BCUT2D eigenvalue weighted by atomic mass is 10.1. The van der Waals surface area contributed by atoms with E-state index in [2.05, 4.69) is 5.43 Å². The molecular formula is C25H22FN3O3. The minimum atomic E-state index is -0.494. The van der Waals surface area contributed by atoms with Crippen LogP contribution in [0.25, 0.3) is 6.08 Å². The van der Waals surface area contributed by atoms with Crippen molar-refractivity contribution in [3.63, 3.8) is 0 Å². The Morgan fingerprint density at radius 1 is 1.00 bits per heavy atom. The van der Waals surface area contributed by atoms with E-state index in [0.29, 0.717) is 22.6 Å². The van der Waals surface area contributed by atoms with Crippen LogP contribution in [0.3, 0.4) is 0 Å². The molecule has 1 saturated heterocycles. The number of ether oxygens (including phenoxy) is 1. The lowest BCUT2D eigenvalue weighted by Crippen LogP contribution is -2.35. The summed E-state index contributed by atoms with van der Waals surface area (Å²) >= 11 is 0. The van der Waals surface area contributed by atoms with Crippen LogP contribution in [-0.2, 0) is 16.2 Å². The molecule has 3 aromatic carbocycles. The molecule has 1 aliphatic rings. The molecule has 1 N–H and O–H groups in total. The molecular weight excluding hydrogens is 409 g/mol. The van der Waals surface area contributed by atoms with E-state index in [9.17, 15) is 14.0 Å². The first-order chi connectivity index (χ1) is 15.4. The van der Waals surface area contributed by atoms with Gasteiger partial charge in [-0.2, -0.15) is 0 Å². The molecule has 2 amide bonds. The van der Waals surface area contributed by atoms with Crippen LogP contribution in [0, 0.1) is 5.82 Å². The third-order valence-corrected chi connectivity index (χ3v) is 5.00.